The van der Waals surface area contributed by atoms with Gasteiger partial charge in [-0.15, -0.1) is 11.3 Å². The Morgan fingerprint density at radius 1 is 1.46 bits per heavy atom. The van der Waals surface area contributed by atoms with Gasteiger partial charge in [-0.3, -0.25) is 9.59 Å². The number of piperazine rings is 1. The highest BCUT2D eigenvalue weighted by Gasteiger charge is 2.36. The first-order chi connectivity index (χ1) is 11.6. The largest absolute Gasteiger partial charge is 0.362 e. The number of aryl methyl sites for hydroxylation is 1. The number of aromatic nitrogens is 1. The van der Waals surface area contributed by atoms with Gasteiger partial charge in [0.15, 0.2) is 5.13 Å². The molecule has 1 fully saturated rings. The van der Waals surface area contributed by atoms with Gasteiger partial charge in [0.25, 0.3) is 5.91 Å². The summed E-state index contributed by atoms with van der Waals surface area (Å²) >= 11 is 1.40. The molecule has 3 rings (SSSR count). The van der Waals surface area contributed by atoms with Crippen LogP contribution in [0.2, 0.25) is 0 Å². The Morgan fingerprint density at radius 2 is 2.25 bits per heavy atom. The molecule has 0 bridgehead atoms. The Kier molecular flexibility index (Phi) is 4.80. The standard InChI is InChI=1S/C17H20N4O2S/c1-3-18-17-20-13(10-24-17)16(23)21-9-8-19-15(22)14(21)12-7-5-4-6-11(12)2/h4-7,10,14H,3,8-9H2,1-2H3,(H,18,20)(H,19,22). The molecule has 0 aliphatic carbocycles. The zero-order valence-corrected chi connectivity index (χ0v) is 14.5. The monoisotopic (exact) mass is 344 g/mol. The van der Waals surface area contributed by atoms with Crippen molar-refractivity contribution in [3.63, 3.8) is 0 Å². The Morgan fingerprint density at radius 3 is 3.00 bits per heavy atom. The topological polar surface area (TPSA) is 74.3 Å². The average Bonchev–Trinajstić information content (AvgIpc) is 3.04. The van der Waals surface area contributed by atoms with Crippen LogP contribution in [0.3, 0.4) is 0 Å². The SMILES string of the molecule is CCNc1nc(C(=O)N2CCNC(=O)C2c2ccccc2C)cs1. The molecule has 0 saturated carbocycles. The third kappa shape index (κ3) is 3.12. The molecule has 2 amide bonds. The predicted octanol–water partition coefficient (Wildman–Crippen LogP) is 2.20. The van der Waals surface area contributed by atoms with Crippen LogP contribution in [0.15, 0.2) is 29.6 Å². The molecule has 1 atom stereocenters. The van der Waals surface area contributed by atoms with Gasteiger partial charge in [-0.2, -0.15) is 0 Å². The smallest absolute Gasteiger partial charge is 0.274 e. The van der Waals surface area contributed by atoms with Crippen molar-refractivity contribution in [3.05, 3.63) is 46.5 Å². The molecule has 1 aliphatic rings. The van der Waals surface area contributed by atoms with E-state index in [4.69, 9.17) is 0 Å². The Bertz CT molecular complexity index is 759. The molecule has 6 nitrogen and oxygen atoms in total. The number of anilines is 1. The van der Waals surface area contributed by atoms with Crippen molar-refractivity contribution in [2.24, 2.45) is 0 Å². The summed E-state index contributed by atoms with van der Waals surface area (Å²) in [7, 11) is 0. The fourth-order valence-electron chi connectivity index (χ4n) is 2.84. The van der Waals surface area contributed by atoms with Gasteiger partial charge < -0.3 is 15.5 Å². The van der Waals surface area contributed by atoms with E-state index in [1.165, 1.54) is 11.3 Å². The summed E-state index contributed by atoms with van der Waals surface area (Å²) < 4.78 is 0. The number of amides is 2. The summed E-state index contributed by atoms with van der Waals surface area (Å²) in [5.41, 5.74) is 2.22. The molecule has 2 N–H and O–H groups in total. The van der Waals surface area contributed by atoms with E-state index in [1.54, 1.807) is 10.3 Å². The summed E-state index contributed by atoms with van der Waals surface area (Å²) in [6.07, 6.45) is 0. The highest BCUT2D eigenvalue weighted by molar-refractivity contribution is 7.13. The van der Waals surface area contributed by atoms with E-state index in [-0.39, 0.29) is 11.8 Å². The Labute approximate surface area is 144 Å². The molecule has 0 radical (unpaired) electrons. The van der Waals surface area contributed by atoms with Gasteiger partial charge in [0.2, 0.25) is 5.91 Å². The van der Waals surface area contributed by atoms with Gasteiger partial charge in [-0.1, -0.05) is 24.3 Å². The fraction of sp³-hybridized carbons (Fsp3) is 0.353. The molecule has 2 aromatic rings. The van der Waals surface area contributed by atoms with Gasteiger partial charge in [0, 0.05) is 25.0 Å². The first-order valence-corrected chi connectivity index (χ1v) is 8.83. The molecule has 1 aliphatic heterocycles. The molecule has 1 aromatic heterocycles. The van der Waals surface area contributed by atoms with Crippen LogP contribution >= 0.6 is 11.3 Å². The number of hydrogen-bond acceptors (Lipinski definition) is 5. The summed E-state index contributed by atoms with van der Waals surface area (Å²) in [6, 6.07) is 7.05. The van der Waals surface area contributed by atoms with E-state index in [0.717, 1.165) is 22.8 Å². The van der Waals surface area contributed by atoms with Crippen LogP contribution in [-0.2, 0) is 4.79 Å². The summed E-state index contributed by atoms with van der Waals surface area (Å²) in [6.45, 7) is 5.60. The summed E-state index contributed by atoms with van der Waals surface area (Å²) in [5.74, 6) is -0.357. The van der Waals surface area contributed by atoms with Crippen LogP contribution in [0.25, 0.3) is 0 Å². The molecule has 2 heterocycles. The van der Waals surface area contributed by atoms with E-state index in [1.807, 2.05) is 38.1 Å². The van der Waals surface area contributed by atoms with Crippen molar-refractivity contribution in [3.8, 4) is 0 Å². The normalized spacial score (nSPS) is 17.5. The van der Waals surface area contributed by atoms with Gasteiger partial charge in [0.1, 0.15) is 11.7 Å². The lowest BCUT2D eigenvalue weighted by molar-refractivity contribution is -0.128. The van der Waals surface area contributed by atoms with E-state index in [2.05, 4.69) is 15.6 Å². The number of carbonyl (C=O) groups excluding carboxylic acids is 2. The van der Waals surface area contributed by atoms with Crippen molar-refractivity contribution < 1.29 is 9.59 Å². The maximum Gasteiger partial charge on any atom is 0.274 e. The molecule has 1 unspecified atom stereocenters. The maximum absolute atomic E-state index is 12.9. The minimum atomic E-state index is -0.614. The highest BCUT2D eigenvalue weighted by Crippen LogP contribution is 2.28. The molecular weight excluding hydrogens is 324 g/mol. The van der Waals surface area contributed by atoms with E-state index in [9.17, 15) is 9.59 Å². The maximum atomic E-state index is 12.9. The number of carbonyl (C=O) groups is 2. The lowest BCUT2D eigenvalue weighted by Crippen LogP contribution is -2.52. The second kappa shape index (κ2) is 7.00. The quantitative estimate of drug-likeness (QED) is 0.892. The van der Waals surface area contributed by atoms with Crippen LogP contribution < -0.4 is 10.6 Å². The molecule has 0 spiro atoms. The summed E-state index contributed by atoms with van der Waals surface area (Å²) in [5, 5.41) is 8.42. The zero-order valence-electron chi connectivity index (χ0n) is 13.7. The highest BCUT2D eigenvalue weighted by atomic mass is 32.1. The van der Waals surface area contributed by atoms with Crippen LogP contribution in [-0.4, -0.2) is 41.3 Å². The van der Waals surface area contributed by atoms with Crippen LogP contribution in [0.5, 0.6) is 0 Å². The van der Waals surface area contributed by atoms with Crippen molar-refractivity contribution in [1.29, 1.82) is 0 Å². The van der Waals surface area contributed by atoms with Crippen molar-refractivity contribution >= 4 is 28.3 Å². The van der Waals surface area contributed by atoms with Gasteiger partial charge in [0.05, 0.1) is 0 Å². The fourth-order valence-corrected chi connectivity index (χ4v) is 3.60. The van der Waals surface area contributed by atoms with Crippen LogP contribution in [0.4, 0.5) is 5.13 Å². The predicted molar refractivity (Wildman–Crippen MR) is 94.2 cm³/mol. The summed E-state index contributed by atoms with van der Waals surface area (Å²) in [4.78, 5) is 31.3. The third-order valence-electron chi connectivity index (χ3n) is 4.01. The third-order valence-corrected chi connectivity index (χ3v) is 4.81. The number of nitrogens with one attached hydrogen (secondary N) is 2. The Hall–Kier alpha value is -2.41. The van der Waals surface area contributed by atoms with Gasteiger partial charge in [-0.05, 0) is 25.0 Å². The second-order valence-corrected chi connectivity index (χ2v) is 6.48. The average molecular weight is 344 g/mol. The van der Waals surface area contributed by atoms with Crippen LogP contribution in [0.1, 0.15) is 34.6 Å². The number of nitrogens with zero attached hydrogens (tertiary/aromatic N) is 2. The molecule has 126 valence electrons. The van der Waals surface area contributed by atoms with E-state index in [0.29, 0.717) is 18.8 Å². The van der Waals surface area contributed by atoms with Gasteiger partial charge >= 0.3 is 0 Å². The lowest BCUT2D eigenvalue weighted by Gasteiger charge is -2.35. The first kappa shape index (κ1) is 16.4. The number of thiazole rings is 1. The second-order valence-electron chi connectivity index (χ2n) is 5.62. The zero-order chi connectivity index (χ0) is 17.1. The molecule has 1 saturated heterocycles. The molecule has 7 heteroatoms. The van der Waals surface area contributed by atoms with Crippen molar-refractivity contribution in [2.75, 3.05) is 25.0 Å². The first-order valence-electron chi connectivity index (χ1n) is 7.95. The van der Waals surface area contributed by atoms with Gasteiger partial charge in [-0.25, -0.2) is 4.98 Å². The van der Waals surface area contributed by atoms with Crippen molar-refractivity contribution in [2.45, 2.75) is 19.9 Å². The number of rotatable bonds is 4. The molecule has 1 aromatic carbocycles. The lowest BCUT2D eigenvalue weighted by atomic mass is 9.97. The minimum absolute atomic E-state index is 0.147. The van der Waals surface area contributed by atoms with Crippen LogP contribution in [0, 0.1) is 6.92 Å². The number of benzene rings is 1. The van der Waals surface area contributed by atoms with Crippen molar-refractivity contribution in [1.82, 2.24) is 15.2 Å². The Balaban J connectivity index is 1.92. The van der Waals surface area contributed by atoms with E-state index >= 15 is 0 Å². The molecule has 24 heavy (non-hydrogen) atoms. The minimum Gasteiger partial charge on any atom is -0.362 e. The molecular formula is C17H20N4O2S. The van der Waals surface area contributed by atoms with E-state index < -0.39 is 6.04 Å². The number of hydrogen-bond donors (Lipinski definition) is 2.